The molecular formula is C18H16O5. The van der Waals surface area contributed by atoms with Crippen LogP contribution in [0.2, 0.25) is 0 Å². The minimum Gasteiger partial charge on any atom is -0.497 e. The summed E-state index contributed by atoms with van der Waals surface area (Å²) in [5, 5.41) is 0.415. The van der Waals surface area contributed by atoms with E-state index < -0.39 is 0 Å². The Morgan fingerprint density at radius 1 is 0.826 bits per heavy atom. The maximum Gasteiger partial charge on any atom is 0.193 e. The minimum atomic E-state index is -0.158. The van der Waals surface area contributed by atoms with Crippen molar-refractivity contribution in [1.82, 2.24) is 0 Å². The van der Waals surface area contributed by atoms with Gasteiger partial charge in [-0.15, -0.1) is 0 Å². The summed E-state index contributed by atoms with van der Waals surface area (Å²) < 4.78 is 21.5. The van der Waals surface area contributed by atoms with E-state index in [4.69, 9.17) is 18.6 Å². The Labute approximate surface area is 133 Å². The molecule has 0 N–H and O–H groups in total. The maximum atomic E-state index is 12.4. The summed E-state index contributed by atoms with van der Waals surface area (Å²) in [4.78, 5) is 12.4. The Balaban J connectivity index is 2.21. The molecule has 0 bridgehead atoms. The van der Waals surface area contributed by atoms with Crippen molar-refractivity contribution in [2.24, 2.45) is 0 Å². The van der Waals surface area contributed by atoms with E-state index in [-0.39, 0.29) is 5.43 Å². The Morgan fingerprint density at radius 3 is 2.13 bits per heavy atom. The zero-order valence-corrected chi connectivity index (χ0v) is 13.1. The fourth-order valence-electron chi connectivity index (χ4n) is 2.37. The van der Waals surface area contributed by atoms with Crippen LogP contribution in [0.25, 0.3) is 22.3 Å². The molecule has 0 radical (unpaired) electrons. The Kier molecular flexibility index (Phi) is 3.93. The van der Waals surface area contributed by atoms with Crippen LogP contribution in [0.3, 0.4) is 0 Å². The predicted octanol–water partition coefficient (Wildman–Crippen LogP) is 3.49. The van der Waals surface area contributed by atoms with Gasteiger partial charge in [0, 0.05) is 17.7 Å². The third kappa shape index (κ3) is 2.73. The van der Waals surface area contributed by atoms with E-state index >= 15 is 0 Å². The van der Waals surface area contributed by atoms with Gasteiger partial charge in [-0.25, -0.2) is 0 Å². The maximum absolute atomic E-state index is 12.4. The molecule has 0 fully saturated rings. The summed E-state index contributed by atoms with van der Waals surface area (Å²) >= 11 is 0. The largest absolute Gasteiger partial charge is 0.497 e. The van der Waals surface area contributed by atoms with E-state index in [1.165, 1.54) is 20.3 Å². The second-order valence-corrected chi connectivity index (χ2v) is 4.91. The van der Waals surface area contributed by atoms with E-state index in [1.54, 1.807) is 19.2 Å². The molecule has 0 unspecified atom stereocenters. The van der Waals surface area contributed by atoms with Crippen molar-refractivity contribution in [3.05, 3.63) is 52.7 Å². The van der Waals surface area contributed by atoms with Gasteiger partial charge < -0.3 is 18.6 Å². The molecule has 23 heavy (non-hydrogen) atoms. The van der Waals surface area contributed by atoms with E-state index in [9.17, 15) is 4.79 Å². The summed E-state index contributed by atoms with van der Waals surface area (Å²) in [6, 6.07) is 12.1. The first kappa shape index (κ1) is 15.0. The molecule has 0 aliphatic heterocycles. The van der Waals surface area contributed by atoms with E-state index in [1.807, 2.05) is 24.3 Å². The van der Waals surface area contributed by atoms with Crippen LogP contribution in [0.5, 0.6) is 17.2 Å². The number of methoxy groups -OCH3 is 3. The van der Waals surface area contributed by atoms with Gasteiger partial charge >= 0.3 is 0 Å². The lowest BCUT2D eigenvalue weighted by Gasteiger charge is -2.09. The molecule has 3 rings (SSSR count). The van der Waals surface area contributed by atoms with Gasteiger partial charge in [-0.3, -0.25) is 4.79 Å². The molecule has 0 saturated carbocycles. The molecule has 2 aromatic carbocycles. The second-order valence-electron chi connectivity index (χ2n) is 4.91. The van der Waals surface area contributed by atoms with Crippen molar-refractivity contribution in [2.45, 2.75) is 0 Å². The third-order valence-corrected chi connectivity index (χ3v) is 3.60. The molecule has 0 amide bonds. The first-order valence-electron chi connectivity index (χ1n) is 7.00. The lowest BCUT2D eigenvalue weighted by atomic mass is 10.1. The van der Waals surface area contributed by atoms with Crippen LogP contribution >= 0.6 is 0 Å². The molecule has 3 aromatic rings. The van der Waals surface area contributed by atoms with Crippen LogP contribution in [-0.4, -0.2) is 21.3 Å². The number of benzene rings is 2. The van der Waals surface area contributed by atoms with Gasteiger partial charge in [0.15, 0.2) is 16.8 Å². The molecule has 0 aliphatic carbocycles. The van der Waals surface area contributed by atoms with Gasteiger partial charge in [0.1, 0.15) is 17.3 Å². The van der Waals surface area contributed by atoms with Crippen molar-refractivity contribution in [2.75, 3.05) is 21.3 Å². The van der Waals surface area contributed by atoms with Crippen molar-refractivity contribution in [3.63, 3.8) is 0 Å². The number of hydrogen-bond acceptors (Lipinski definition) is 5. The lowest BCUT2D eigenvalue weighted by molar-refractivity contribution is 0.392. The Bertz CT molecular complexity index is 894. The van der Waals surface area contributed by atoms with Crippen LogP contribution in [0, 0.1) is 0 Å². The van der Waals surface area contributed by atoms with Gasteiger partial charge in [0.2, 0.25) is 0 Å². The summed E-state index contributed by atoms with van der Waals surface area (Å²) in [6.45, 7) is 0. The zero-order chi connectivity index (χ0) is 16.4. The smallest absolute Gasteiger partial charge is 0.193 e. The van der Waals surface area contributed by atoms with Gasteiger partial charge in [0.05, 0.1) is 26.7 Å². The molecule has 0 spiro atoms. The average Bonchev–Trinajstić information content (AvgIpc) is 2.61. The predicted molar refractivity (Wildman–Crippen MR) is 87.6 cm³/mol. The quantitative estimate of drug-likeness (QED) is 0.738. The summed E-state index contributed by atoms with van der Waals surface area (Å²) in [6.07, 6.45) is 0. The van der Waals surface area contributed by atoms with Crippen molar-refractivity contribution in [3.8, 4) is 28.6 Å². The summed E-state index contributed by atoms with van der Waals surface area (Å²) in [5.41, 5.74) is 1.02. The van der Waals surface area contributed by atoms with Crippen LogP contribution in [0.1, 0.15) is 0 Å². The fourth-order valence-corrected chi connectivity index (χ4v) is 2.37. The van der Waals surface area contributed by atoms with Crippen LogP contribution < -0.4 is 19.6 Å². The highest BCUT2D eigenvalue weighted by atomic mass is 16.5. The molecule has 0 aliphatic rings. The lowest BCUT2D eigenvalue weighted by Crippen LogP contribution is -2.02. The van der Waals surface area contributed by atoms with Crippen molar-refractivity contribution >= 4 is 11.0 Å². The first-order chi connectivity index (χ1) is 11.2. The van der Waals surface area contributed by atoms with Crippen LogP contribution in [0.15, 0.2) is 51.7 Å². The molecule has 5 heteroatoms. The van der Waals surface area contributed by atoms with Gasteiger partial charge in [-0.05, 0) is 30.3 Å². The molecule has 0 saturated heterocycles. The molecule has 1 aromatic heterocycles. The highest BCUT2D eigenvalue weighted by Gasteiger charge is 2.13. The standard InChI is InChI=1S/C18H16O5/c1-20-12-6-4-11(5-7-12)16-10-15(19)14-8-13(21-2)9-17(22-3)18(14)23-16/h4-10H,1-3H3. The number of hydrogen-bond donors (Lipinski definition) is 0. The Hall–Kier alpha value is -2.95. The average molecular weight is 312 g/mol. The monoisotopic (exact) mass is 312 g/mol. The fraction of sp³-hybridized carbons (Fsp3) is 0.167. The van der Waals surface area contributed by atoms with E-state index in [0.29, 0.717) is 28.2 Å². The first-order valence-corrected chi connectivity index (χ1v) is 7.00. The van der Waals surface area contributed by atoms with Gasteiger partial charge in [-0.2, -0.15) is 0 Å². The van der Waals surface area contributed by atoms with E-state index in [0.717, 1.165) is 11.3 Å². The number of ether oxygens (including phenoxy) is 3. The topological polar surface area (TPSA) is 57.9 Å². The van der Waals surface area contributed by atoms with Crippen LogP contribution in [-0.2, 0) is 0 Å². The van der Waals surface area contributed by atoms with Crippen molar-refractivity contribution in [1.29, 1.82) is 0 Å². The zero-order valence-electron chi connectivity index (χ0n) is 13.1. The van der Waals surface area contributed by atoms with Gasteiger partial charge in [-0.1, -0.05) is 0 Å². The molecule has 0 atom stereocenters. The molecule has 1 heterocycles. The summed E-state index contributed by atoms with van der Waals surface area (Å²) in [5.74, 6) is 2.19. The third-order valence-electron chi connectivity index (χ3n) is 3.60. The highest BCUT2D eigenvalue weighted by Crippen LogP contribution is 2.32. The van der Waals surface area contributed by atoms with Crippen molar-refractivity contribution < 1.29 is 18.6 Å². The number of fused-ring (bicyclic) bond motifs is 1. The molecule has 5 nitrogen and oxygen atoms in total. The number of rotatable bonds is 4. The normalized spacial score (nSPS) is 10.6. The highest BCUT2D eigenvalue weighted by molar-refractivity contribution is 5.85. The minimum absolute atomic E-state index is 0.158. The Morgan fingerprint density at radius 2 is 1.52 bits per heavy atom. The molecular weight excluding hydrogens is 296 g/mol. The molecule has 118 valence electrons. The SMILES string of the molecule is COc1ccc(-c2cc(=O)c3cc(OC)cc(OC)c3o2)cc1. The summed E-state index contributed by atoms with van der Waals surface area (Å²) in [7, 11) is 4.66. The van der Waals surface area contributed by atoms with E-state index in [2.05, 4.69) is 0 Å². The second kappa shape index (κ2) is 6.04. The van der Waals surface area contributed by atoms with Crippen LogP contribution in [0.4, 0.5) is 0 Å². The van der Waals surface area contributed by atoms with Gasteiger partial charge in [0.25, 0.3) is 0 Å².